The first-order valence-electron chi connectivity index (χ1n) is 11.3. The summed E-state index contributed by atoms with van der Waals surface area (Å²) in [4.78, 5) is 37.2. The summed E-state index contributed by atoms with van der Waals surface area (Å²) >= 11 is 8.31. The standard InChI is InChI=1S/C27H27ClIN3O5/c1-27(2,3)37-25(34)30-15-18-9-10-22(29)23(11-18)32-24(33)19-12-20(28)14-21(13-19)31-26(35)36-16-17-7-5-4-6-8-17/h4-14H,15-16H2,1-3H3,(H,30,34)(H,31,35)(H,32,33). The Balaban J connectivity index is 1.63. The molecule has 37 heavy (non-hydrogen) atoms. The fourth-order valence-electron chi connectivity index (χ4n) is 3.13. The van der Waals surface area contributed by atoms with E-state index in [1.54, 1.807) is 26.8 Å². The number of carbonyl (C=O) groups is 3. The molecule has 0 heterocycles. The molecule has 3 rings (SSSR count). The number of benzene rings is 3. The summed E-state index contributed by atoms with van der Waals surface area (Å²) in [6, 6.07) is 19.2. The SMILES string of the molecule is CC(C)(C)OC(=O)NCc1ccc(I)c(NC(=O)c2cc(Cl)cc(NC(=O)OCc3ccccc3)c2)c1. The number of alkyl carbamates (subject to hydrolysis) is 1. The van der Waals surface area contributed by atoms with Gasteiger partial charge < -0.3 is 20.1 Å². The van der Waals surface area contributed by atoms with E-state index in [2.05, 4.69) is 38.5 Å². The summed E-state index contributed by atoms with van der Waals surface area (Å²) in [7, 11) is 0. The van der Waals surface area contributed by atoms with E-state index >= 15 is 0 Å². The predicted octanol–water partition coefficient (Wildman–Crippen LogP) is 6.97. The number of carbonyl (C=O) groups excluding carboxylic acids is 3. The largest absolute Gasteiger partial charge is 0.444 e. The molecule has 8 nitrogen and oxygen atoms in total. The van der Waals surface area contributed by atoms with Gasteiger partial charge in [0, 0.05) is 26.4 Å². The molecule has 0 aliphatic carbocycles. The van der Waals surface area contributed by atoms with Crippen LogP contribution in [0.25, 0.3) is 0 Å². The Hall–Kier alpha value is -3.31. The Morgan fingerprint density at radius 2 is 1.62 bits per heavy atom. The van der Waals surface area contributed by atoms with Crippen molar-refractivity contribution in [3.63, 3.8) is 0 Å². The van der Waals surface area contributed by atoms with E-state index in [0.717, 1.165) is 14.7 Å². The fourth-order valence-corrected chi connectivity index (χ4v) is 3.84. The van der Waals surface area contributed by atoms with E-state index in [-0.39, 0.29) is 23.7 Å². The van der Waals surface area contributed by atoms with Crippen LogP contribution >= 0.6 is 34.2 Å². The molecule has 0 fully saturated rings. The lowest BCUT2D eigenvalue weighted by atomic mass is 10.1. The number of hydrogen-bond acceptors (Lipinski definition) is 5. The number of amides is 3. The normalized spacial score (nSPS) is 10.8. The first kappa shape index (κ1) is 28.3. The second kappa shape index (κ2) is 12.8. The zero-order chi connectivity index (χ0) is 27.0. The van der Waals surface area contributed by atoms with Crippen LogP contribution in [0.5, 0.6) is 0 Å². The van der Waals surface area contributed by atoms with Gasteiger partial charge >= 0.3 is 12.2 Å². The summed E-state index contributed by atoms with van der Waals surface area (Å²) in [5.41, 5.74) is 2.15. The van der Waals surface area contributed by atoms with Crippen molar-refractivity contribution < 1.29 is 23.9 Å². The van der Waals surface area contributed by atoms with Crippen LogP contribution < -0.4 is 16.0 Å². The molecule has 0 aliphatic rings. The first-order valence-corrected chi connectivity index (χ1v) is 12.8. The Morgan fingerprint density at radius 1 is 0.892 bits per heavy atom. The monoisotopic (exact) mass is 635 g/mol. The van der Waals surface area contributed by atoms with Crippen LogP contribution in [-0.4, -0.2) is 23.7 Å². The van der Waals surface area contributed by atoms with Crippen LogP contribution in [0, 0.1) is 3.57 Å². The van der Waals surface area contributed by atoms with E-state index in [1.165, 1.54) is 18.2 Å². The van der Waals surface area contributed by atoms with Gasteiger partial charge in [-0.1, -0.05) is 48.0 Å². The maximum atomic E-state index is 13.0. The predicted molar refractivity (Wildman–Crippen MR) is 152 cm³/mol. The summed E-state index contributed by atoms with van der Waals surface area (Å²) in [5, 5.41) is 8.42. The van der Waals surface area contributed by atoms with Crippen molar-refractivity contribution in [2.45, 2.75) is 39.5 Å². The van der Waals surface area contributed by atoms with Gasteiger partial charge in [-0.3, -0.25) is 10.1 Å². The van der Waals surface area contributed by atoms with Crippen LogP contribution in [0.4, 0.5) is 21.0 Å². The molecule has 3 aromatic rings. The summed E-state index contributed by atoms with van der Waals surface area (Å²) in [6.45, 7) is 5.70. The third-order valence-corrected chi connectivity index (χ3v) is 5.89. The highest BCUT2D eigenvalue weighted by atomic mass is 127. The molecule has 3 aromatic carbocycles. The van der Waals surface area contributed by atoms with E-state index in [0.29, 0.717) is 11.4 Å². The second-order valence-electron chi connectivity index (χ2n) is 9.04. The highest BCUT2D eigenvalue weighted by molar-refractivity contribution is 14.1. The van der Waals surface area contributed by atoms with Crippen molar-refractivity contribution in [2.24, 2.45) is 0 Å². The van der Waals surface area contributed by atoms with Gasteiger partial charge in [0.1, 0.15) is 12.2 Å². The second-order valence-corrected chi connectivity index (χ2v) is 10.6. The molecule has 0 spiro atoms. The maximum absolute atomic E-state index is 13.0. The minimum atomic E-state index is -0.669. The lowest BCUT2D eigenvalue weighted by Gasteiger charge is -2.19. The third-order valence-electron chi connectivity index (χ3n) is 4.73. The summed E-state index contributed by atoms with van der Waals surface area (Å²) in [5.74, 6) is -0.418. The van der Waals surface area contributed by atoms with E-state index in [1.807, 2.05) is 42.5 Å². The van der Waals surface area contributed by atoms with Gasteiger partial charge in [0.05, 0.1) is 5.69 Å². The Bertz CT molecular complexity index is 1280. The molecule has 0 bridgehead atoms. The highest BCUT2D eigenvalue weighted by Gasteiger charge is 2.16. The number of anilines is 2. The molecule has 0 atom stereocenters. The third kappa shape index (κ3) is 9.58. The van der Waals surface area contributed by atoms with Crippen LogP contribution in [0.1, 0.15) is 42.3 Å². The summed E-state index contributed by atoms with van der Waals surface area (Å²) < 4.78 is 11.3. The zero-order valence-electron chi connectivity index (χ0n) is 20.6. The Labute approximate surface area is 234 Å². The van der Waals surface area contributed by atoms with Gasteiger partial charge in [-0.2, -0.15) is 0 Å². The molecule has 0 saturated carbocycles. The minimum absolute atomic E-state index is 0.109. The van der Waals surface area contributed by atoms with Gasteiger partial charge in [0.25, 0.3) is 5.91 Å². The van der Waals surface area contributed by atoms with Gasteiger partial charge in [-0.25, -0.2) is 9.59 Å². The van der Waals surface area contributed by atoms with E-state index in [4.69, 9.17) is 21.1 Å². The van der Waals surface area contributed by atoms with Gasteiger partial charge in [0.2, 0.25) is 0 Å². The molecule has 0 aliphatic heterocycles. The molecule has 0 radical (unpaired) electrons. The lowest BCUT2D eigenvalue weighted by molar-refractivity contribution is 0.0523. The van der Waals surface area contributed by atoms with Crippen LogP contribution in [-0.2, 0) is 22.6 Å². The van der Waals surface area contributed by atoms with Crippen molar-refractivity contribution >= 4 is 63.7 Å². The van der Waals surface area contributed by atoms with Gasteiger partial charge in [-0.05, 0) is 84.8 Å². The first-order chi connectivity index (χ1) is 17.5. The summed E-state index contributed by atoms with van der Waals surface area (Å²) in [6.07, 6.45) is -1.20. The number of halogens is 2. The minimum Gasteiger partial charge on any atom is -0.444 e. The lowest BCUT2D eigenvalue weighted by Crippen LogP contribution is -2.32. The van der Waals surface area contributed by atoms with E-state index < -0.39 is 23.7 Å². The number of rotatable bonds is 7. The average molecular weight is 636 g/mol. The molecule has 194 valence electrons. The Morgan fingerprint density at radius 3 is 2.32 bits per heavy atom. The number of hydrogen-bond donors (Lipinski definition) is 3. The van der Waals surface area contributed by atoms with Crippen LogP contribution in [0.15, 0.2) is 66.7 Å². The molecule has 0 aromatic heterocycles. The highest BCUT2D eigenvalue weighted by Crippen LogP contribution is 2.24. The molecule has 3 N–H and O–H groups in total. The molecule has 10 heteroatoms. The van der Waals surface area contributed by atoms with Crippen molar-refractivity contribution in [1.82, 2.24) is 5.32 Å². The average Bonchev–Trinajstić information content (AvgIpc) is 2.82. The molecule has 0 saturated heterocycles. The quantitative estimate of drug-likeness (QED) is 0.243. The number of ether oxygens (including phenoxy) is 2. The van der Waals surface area contributed by atoms with Crippen LogP contribution in [0.3, 0.4) is 0 Å². The van der Waals surface area contributed by atoms with Crippen molar-refractivity contribution in [2.75, 3.05) is 10.6 Å². The van der Waals surface area contributed by atoms with Crippen molar-refractivity contribution in [1.29, 1.82) is 0 Å². The van der Waals surface area contributed by atoms with Crippen LogP contribution in [0.2, 0.25) is 5.02 Å². The fraction of sp³-hybridized carbons (Fsp3) is 0.222. The Kier molecular flexibility index (Phi) is 9.76. The van der Waals surface area contributed by atoms with Crippen molar-refractivity contribution in [3.8, 4) is 0 Å². The molecule has 0 unspecified atom stereocenters. The molecule has 3 amide bonds. The zero-order valence-corrected chi connectivity index (χ0v) is 23.5. The number of nitrogens with one attached hydrogen (secondary N) is 3. The molecular weight excluding hydrogens is 609 g/mol. The van der Waals surface area contributed by atoms with Crippen molar-refractivity contribution in [3.05, 3.63) is 92.0 Å². The topological polar surface area (TPSA) is 106 Å². The molecular formula is C27H27ClIN3O5. The van der Waals surface area contributed by atoms with Gasteiger partial charge in [0.15, 0.2) is 0 Å². The maximum Gasteiger partial charge on any atom is 0.411 e. The van der Waals surface area contributed by atoms with Gasteiger partial charge in [-0.15, -0.1) is 0 Å². The smallest absolute Gasteiger partial charge is 0.411 e. The van der Waals surface area contributed by atoms with E-state index in [9.17, 15) is 14.4 Å².